The first kappa shape index (κ1) is 21.4. The Bertz CT molecular complexity index is 1100. The quantitative estimate of drug-likeness (QED) is 0.462. The number of carboxylic acids is 1. The van der Waals surface area contributed by atoms with Crippen LogP contribution in [0.4, 0.5) is 10.1 Å². The molecule has 0 saturated heterocycles. The van der Waals surface area contributed by atoms with E-state index in [1.54, 1.807) is 12.1 Å². The number of rotatable bonds is 5. The fourth-order valence-corrected chi connectivity index (χ4v) is 3.11. The van der Waals surface area contributed by atoms with Crippen molar-refractivity contribution >= 4 is 40.8 Å². The van der Waals surface area contributed by atoms with E-state index >= 15 is 0 Å². The van der Waals surface area contributed by atoms with E-state index in [1.807, 2.05) is 0 Å². The number of carbonyl (C=O) groups excluding carboxylic acids is 1. The van der Waals surface area contributed by atoms with Gasteiger partial charge in [0.2, 0.25) is 0 Å². The summed E-state index contributed by atoms with van der Waals surface area (Å²) < 4.78 is 19.0. The highest BCUT2D eigenvalue weighted by molar-refractivity contribution is 6.38. The van der Waals surface area contributed by atoms with E-state index in [9.17, 15) is 19.1 Å². The van der Waals surface area contributed by atoms with E-state index in [1.165, 1.54) is 42.5 Å². The second-order valence-electron chi connectivity index (χ2n) is 6.19. The zero-order chi connectivity index (χ0) is 21.8. The number of anilines is 1. The molecule has 0 aliphatic rings. The molecular weight excluding hydrogens is 436 g/mol. The Morgan fingerprint density at radius 2 is 1.67 bits per heavy atom. The lowest BCUT2D eigenvalue weighted by Crippen LogP contribution is -2.21. The Labute approximate surface area is 180 Å². The van der Waals surface area contributed by atoms with Crippen LogP contribution in [0.25, 0.3) is 0 Å². The van der Waals surface area contributed by atoms with E-state index in [0.717, 1.165) is 5.56 Å². The maximum Gasteiger partial charge on any atom is 0.394 e. The number of nitrogens with one attached hydrogen (secondary N) is 1. The van der Waals surface area contributed by atoms with Crippen molar-refractivity contribution in [1.29, 1.82) is 0 Å². The molecule has 0 heterocycles. The number of carboxylic acid groups (broad SMARTS) is 1. The van der Waals surface area contributed by atoms with Crippen molar-refractivity contribution in [2.75, 3.05) is 5.32 Å². The number of amides is 1. The Morgan fingerprint density at radius 3 is 2.27 bits per heavy atom. The molecule has 0 atom stereocenters. The van der Waals surface area contributed by atoms with E-state index in [-0.39, 0.29) is 39.5 Å². The predicted octanol–water partition coefficient (Wildman–Crippen LogP) is 5.24. The monoisotopic (exact) mass is 449 g/mol. The molecule has 1 amide bonds. The normalized spacial score (nSPS) is 10.5. The third kappa shape index (κ3) is 5.00. The van der Waals surface area contributed by atoms with Crippen LogP contribution in [-0.2, 0) is 16.0 Å². The molecule has 9 heteroatoms. The van der Waals surface area contributed by atoms with Gasteiger partial charge in [-0.1, -0.05) is 35.3 Å². The fraction of sp³-hybridized carbons (Fsp3) is 0.0476. The van der Waals surface area contributed by atoms with Crippen LogP contribution in [0, 0.1) is 5.82 Å². The molecule has 0 fully saturated rings. The lowest BCUT2D eigenvalue weighted by Gasteiger charge is -2.15. The van der Waals surface area contributed by atoms with Gasteiger partial charge in [0.05, 0.1) is 10.0 Å². The molecule has 30 heavy (non-hydrogen) atoms. The molecule has 3 aromatic carbocycles. The lowest BCUT2D eigenvalue weighted by molar-refractivity contribution is -0.147. The van der Waals surface area contributed by atoms with Gasteiger partial charge in [-0.3, -0.25) is 4.79 Å². The molecule has 0 bridgehead atoms. The van der Waals surface area contributed by atoms with Crippen LogP contribution in [0.2, 0.25) is 10.0 Å². The highest BCUT2D eigenvalue weighted by Crippen LogP contribution is 2.42. The zero-order valence-electron chi connectivity index (χ0n) is 15.2. The highest BCUT2D eigenvalue weighted by atomic mass is 35.5. The summed E-state index contributed by atoms with van der Waals surface area (Å²) in [7, 11) is 0. The van der Waals surface area contributed by atoms with Gasteiger partial charge in [0, 0.05) is 23.7 Å². The first-order chi connectivity index (χ1) is 14.2. The Morgan fingerprint density at radius 1 is 1.03 bits per heavy atom. The highest BCUT2D eigenvalue weighted by Gasteiger charge is 2.18. The Balaban J connectivity index is 1.88. The van der Waals surface area contributed by atoms with E-state index < -0.39 is 11.9 Å². The molecule has 0 spiro atoms. The summed E-state index contributed by atoms with van der Waals surface area (Å²) in [6.07, 6.45) is 0.242. The van der Waals surface area contributed by atoms with Crippen LogP contribution in [0.15, 0.2) is 54.6 Å². The number of hydrogen-bond donors (Lipinski definition) is 3. The summed E-state index contributed by atoms with van der Waals surface area (Å²) in [5.74, 6) is -2.82. The maximum absolute atomic E-state index is 13.2. The van der Waals surface area contributed by atoms with Crippen molar-refractivity contribution in [2.24, 2.45) is 0 Å². The van der Waals surface area contributed by atoms with Gasteiger partial charge in [0.25, 0.3) is 0 Å². The summed E-state index contributed by atoms with van der Waals surface area (Å²) in [4.78, 5) is 21.8. The van der Waals surface area contributed by atoms with Gasteiger partial charge in [-0.25, -0.2) is 9.18 Å². The predicted molar refractivity (Wildman–Crippen MR) is 110 cm³/mol. The van der Waals surface area contributed by atoms with Crippen LogP contribution in [0.1, 0.15) is 11.1 Å². The standard InChI is InChI=1S/C21H14Cl2FNO5/c22-16-10-17(30-14-7-5-13(6-8-14)25-20(27)21(28)29)15(18(23)19(16)26)9-11-1-3-12(24)4-2-11/h1-8,10,26H,9H2,(H,25,27)(H,28,29). The van der Waals surface area contributed by atoms with Crippen molar-refractivity contribution in [2.45, 2.75) is 6.42 Å². The number of carbonyl (C=O) groups is 2. The first-order valence-corrected chi connectivity index (χ1v) is 9.26. The van der Waals surface area contributed by atoms with Gasteiger partial charge in [0.1, 0.15) is 17.3 Å². The Hall–Kier alpha value is -3.29. The summed E-state index contributed by atoms with van der Waals surface area (Å²) in [6.45, 7) is 0. The fourth-order valence-electron chi connectivity index (χ4n) is 2.61. The van der Waals surface area contributed by atoms with Gasteiger partial charge in [-0.2, -0.15) is 0 Å². The average Bonchev–Trinajstić information content (AvgIpc) is 2.72. The minimum Gasteiger partial charge on any atom is -0.505 e. The summed E-state index contributed by atoms with van der Waals surface area (Å²) in [6, 6.07) is 13.1. The number of aliphatic carboxylic acids is 1. The van der Waals surface area contributed by atoms with Crippen molar-refractivity contribution in [1.82, 2.24) is 0 Å². The summed E-state index contributed by atoms with van der Waals surface area (Å²) in [5, 5.41) is 20.9. The maximum atomic E-state index is 13.2. The number of phenolic OH excluding ortho intramolecular Hbond substituents is 1. The van der Waals surface area contributed by atoms with Crippen LogP contribution in [-0.4, -0.2) is 22.1 Å². The molecule has 0 unspecified atom stereocenters. The lowest BCUT2D eigenvalue weighted by atomic mass is 10.0. The number of halogens is 3. The molecule has 3 aromatic rings. The minimum atomic E-state index is -1.60. The molecular formula is C21H14Cl2FNO5. The van der Waals surface area contributed by atoms with Crippen LogP contribution in [0.3, 0.4) is 0 Å². The Kier molecular flexibility index (Phi) is 6.44. The molecule has 0 radical (unpaired) electrons. The van der Waals surface area contributed by atoms with Crippen molar-refractivity contribution in [3.05, 3.63) is 81.6 Å². The van der Waals surface area contributed by atoms with Gasteiger partial charge in [0.15, 0.2) is 5.75 Å². The minimum absolute atomic E-state index is 0.00664. The van der Waals surface area contributed by atoms with Crippen molar-refractivity contribution < 1.29 is 28.9 Å². The van der Waals surface area contributed by atoms with E-state index in [0.29, 0.717) is 11.3 Å². The number of benzene rings is 3. The summed E-state index contributed by atoms with van der Waals surface area (Å²) >= 11 is 12.3. The molecule has 0 aliphatic carbocycles. The third-order valence-electron chi connectivity index (χ3n) is 4.08. The molecule has 3 N–H and O–H groups in total. The molecule has 0 saturated carbocycles. The number of ether oxygens (including phenoxy) is 1. The SMILES string of the molecule is O=C(O)C(=O)Nc1ccc(Oc2cc(Cl)c(O)c(Cl)c2Cc2ccc(F)cc2)cc1. The number of phenols is 1. The van der Waals surface area contributed by atoms with Gasteiger partial charge < -0.3 is 20.3 Å². The van der Waals surface area contributed by atoms with Crippen LogP contribution in [0.5, 0.6) is 17.2 Å². The molecule has 0 aromatic heterocycles. The van der Waals surface area contributed by atoms with Gasteiger partial charge in [-0.05, 0) is 42.0 Å². The largest absolute Gasteiger partial charge is 0.505 e. The van der Waals surface area contributed by atoms with E-state index in [4.69, 9.17) is 33.0 Å². The molecule has 0 aliphatic heterocycles. The number of hydrogen-bond acceptors (Lipinski definition) is 4. The summed E-state index contributed by atoms with van der Waals surface area (Å²) in [5.41, 5.74) is 1.44. The van der Waals surface area contributed by atoms with Crippen molar-refractivity contribution in [3.63, 3.8) is 0 Å². The number of aromatic hydroxyl groups is 1. The third-order valence-corrected chi connectivity index (χ3v) is 4.78. The average molecular weight is 450 g/mol. The van der Waals surface area contributed by atoms with Crippen LogP contribution >= 0.6 is 23.2 Å². The molecule has 154 valence electrons. The van der Waals surface area contributed by atoms with Crippen molar-refractivity contribution in [3.8, 4) is 17.2 Å². The zero-order valence-corrected chi connectivity index (χ0v) is 16.7. The second kappa shape index (κ2) is 9.02. The molecule has 6 nitrogen and oxygen atoms in total. The van der Waals surface area contributed by atoms with E-state index in [2.05, 4.69) is 5.32 Å². The van der Waals surface area contributed by atoms with Crippen LogP contribution < -0.4 is 10.1 Å². The van der Waals surface area contributed by atoms with Gasteiger partial charge >= 0.3 is 11.9 Å². The molecule has 3 rings (SSSR count). The first-order valence-electron chi connectivity index (χ1n) is 8.51. The topological polar surface area (TPSA) is 95.9 Å². The second-order valence-corrected chi connectivity index (χ2v) is 6.97. The smallest absolute Gasteiger partial charge is 0.394 e. The van der Waals surface area contributed by atoms with Gasteiger partial charge in [-0.15, -0.1) is 0 Å².